The number of hydrogen-bond donors (Lipinski definition) is 0. The van der Waals surface area contributed by atoms with Crippen LogP contribution in [-0.2, 0) is 4.74 Å². The molecule has 0 bridgehead atoms. The van der Waals surface area contributed by atoms with Gasteiger partial charge in [-0.3, -0.25) is 4.99 Å². The van der Waals surface area contributed by atoms with Crippen molar-refractivity contribution in [3.8, 4) is 0 Å². The first kappa shape index (κ1) is 13.5. The van der Waals surface area contributed by atoms with E-state index in [1.165, 1.54) is 6.07 Å². The maximum Gasteiger partial charge on any atom is 0.132 e. The molecule has 0 aromatic heterocycles. The second-order valence-electron chi connectivity index (χ2n) is 5.61. The highest BCUT2D eigenvalue weighted by atomic mass is 19.1. The first-order valence-electron chi connectivity index (χ1n) is 7.58. The van der Waals surface area contributed by atoms with Gasteiger partial charge in [0.2, 0.25) is 0 Å². The molecule has 0 aliphatic carbocycles. The lowest BCUT2D eigenvalue weighted by Gasteiger charge is -2.36. The molecular weight excluding hydrogens is 279 g/mol. The average molecular weight is 296 g/mol. The molecule has 2 aliphatic rings. The topological polar surface area (TPSA) is 24.8 Å². The molecule has 0 N–H and O–H groups in total. The fourth-order valence-corrected chi connectivity index (χ4v) is 3.21. The van der Waals surface area contributed by atoms with Crippen LogP contribution in [0.1, 0.15) is 11.1 Å². The van der Waals surface area contributed by atoms with Crippen LogP contribution >= 0.6 is 0 Å². The van der Waals surface area contributed by atoms with E-state index in [1.807, 2.05) is 24.3 Å². The number of aliphatic imine (C=N–C) groups is 1. The largest absolute Gasteiger partial charge is 0.377 e. The third kappa shape index (κ3) is 2.20. The smallest absolute Gasteiger partial charge is 0.132 e. The van der Waals surface area contributed by atoms with Crippen molar-refractivity contribution in [1.82, 2.24) is 0 Å². The van der Waals surface area contributed by atoms with E-state index in [0.717, 1.165) is 30.1 Å². The standard InChI is InChI=1S/C18H17FN2O/c19-16-7-3-1-5-14(16)18-15-6-2-4-8-17(15)21-9-10-22-12-13(21)11-20-18/h1-8,13H,9-12H2. The molecule has 0 amide bonds. The van der Waals surface area contributed by atoms with E-state index in [9.17, 15) is 4.39 Å². The zero-order valence-corrected chi connectivity index (χ0v) is 12.2. The van der Waals surface area contributed by atoms with Gasteiger partial charge in [-0.1, -0.05) is 30.3 Å². The molecule has 2 aliphatic heterocycles. The number of fused-ring (bicyclic) bond motifs is 3. The maximum atomic E-state index is 14.3. The fraction of sp³-hybridized carbons (Fsp3) is 0.278. The van der Waals surface area contributed by atoms with Crippen molar-refractivity contribution in [3.63, 3.8) is 0 Å². The summed E-state index contributed by atoms with van der Waals surface area (Å²) in [4.78, 5) is 7.08. The predicted molar refractivity (Wildman–Crippen MR) is 85.3 cm³/mol. The van der Waals surface area contributed by atoms with Crippen LogP contribution in [0.2, 0.25) is 0 Å². The normalized spacial score (nSPS) is 20.7. The van der Waals surface area contributed by atoms with Crippen LogP contribution in [0.3, 0.4) is 0 Å². The highest BCUT2D eigenvalue weighted by Gasteiger charge is 2.29. The molecule has 1 unspecified atom stereocenters. The molecule has 0 saturated carbocycles. The molecule has 2 aromatic carbocycles. The summed E-state index contributed by atoms with van der Waals surface area (Å²) in [5.41, 5.74) is 3.42. The monoisotopic (exact) mass is 296 g/mol. The van der Waals surface area contributed by atoms with Crippen LogP contribution in [0, 0.1) is 5.82 Å². The Bertz CT molecular complexity index is 729. The van der Waals surface area contributed by atoms with Gasteiger partial charge in [0.15, 0.2) is 0 Å². The molecule has 4 heteroatoms. The lowest BCUT2D eigenvalue weighted by molar-refractivity contribution is 0.0966. The van der Waals surface area contributed by atoms with Gasteiger partial charge in [-0.2, -0.15) is 0 Å². The summed E-state index contributed by atoms with van der Waals surface area (Å²) in [5.74, 6) is -0.229. The lowest BCUT2D eigenvalue weighted by atomic mass is 9.99. The summed E-state index contributed by atoms with van der Waals surface area (Å²) < 4.78 is 19.8. The van der Waals surface area contributed by atoms with Crippen molar-refractivity contribution >= 4 is 11.4 Å². The summed E-state index contributed by atoms with van der Waals surface area (Å²) >= 11 is 0. The molecule has 2 heterocycles. The van der Waals surface area contributed by atoms with Crippen LogP contribution in [0.25, 0.3) is 0 Å². The zero-order valence-electron chi connectivity index (χ0n) is 12.2. The minimum atomic E-state index is -0.229. The summed E-state index contributed by atoms with van der Waals surface area (Å²) in [7, 11) is 0. The Balaban J connectivity index is 1.88. The Hall–Kier alpha value is -2.20. The molecule has 4 rings (SSSR count). The van der Waals surface area contributed by atoms with Gasteiger partial charge >= 0.3 is 0 Å². The first-order valence-corrected chi connectivity index (χ1v) is 7.58. The van der Waals surface area contributed by atoms with Gasteiger partial charge in [0.05, 0.1) is 31.5 Å². The Labute approximate surface area is 129 Å². The summed E-state index contributed by atoms with van der Waals surface area (Å²) in [6.07, 6.45) is 0. The molecule has 22 heavy (non-hydrogen) atoms. The van der Waals surface area contributed by atoms with Crippen LogP contribution < -0.4 is 4.90 Å². The van der Waals surface area contributed by atoms with E-state index >= 15 is 0 Å². The van der Waals surface area contributed by atoms with Crippen molar-refractivity contribution in [2.75, 3.05) is 31.2 Å². The molecule has 2 aromatic rings. The summed E-state index contributed by atoms with van der Waals surface area (Å²) in [6, 6.07) is 15.2. The van der Waals surface area contributed by atoms with Gasteiger partial charge in [-0.05, 0) is 18.2 Å². The quantitative estimate of drug-likeness (QED) is 0.808. The van der Waals surface area contributed by atoms with Crippen LogP contribution in [0.5, 0.6) is 0 Å². The number of nitrogens with zero attached hydrogens (tertiary/aromatic N) is 2. The van der Waals surface area contributed by atoms with E-state index in [1.54, 1.807) is 12.1 Å². The molecule has 1 atom stereocenters. The minimum absolute atomic E-state index is 0.221. The molecule has 3 nitrogen and oxygen atoms in total. The number of para-hydroxylation sites is 1. The van der Waals surface area contributed by atoms with Crippen molar-refractivity contribution in [2.45, 2.75) is 6.04 Å². The molecule has 112 valence electrons. The number of hydrogen-bond acceptors (Lipinski definition) is 3. The molecule has 0 spiro atoms. The van der Waals surface area contributed by atoms with Crippen LogP contribution in [0.15, 0.2) is 53.5 Å². The molecule has 1 saturated heterocycles. The third-order valence-electron chi connectivity index (χ3n) is 4.29. The SMILES string of the molecule is Fc1ccccc1C1=NCC2COCCN2c2ccccc21. The predicted octanol–water partition coefficient (Wildman–Crippen LogP) is 2.88. The van der Waals surface area contributed by atoms with Crippen molar-refractivity contribution < 1.29 is 9.13 Å². The molecule has 1 fully saturated rings. The highest BCUT2D eigenvalue weighted by Crippen LogP contribution is 2.30. The molecular formula is C18H17FN2O. The number of benzene rings is 2. The third-order valence-corrected chi connectivity index (χ3v) is 4.29. The minimum Gasteiger partial charge on any atom is -0.377 e. The van der Waals surface area contributed by atoms with E-state index in [-0.39, 0.29) is 11.9 Å². The van der Waals surface area contributed by atoms with Gasteiger partial charge in [0, 0.05) is 23.4 Å². The second kappa shape index (κ2) is 5.54. The van der Waals surface area contributed by atoms with Gasteiger partial charge in [0.25, 0.3) is 0 Å². The van der Waals surface area contributed by atoms with E-state index < -0.39 is 0 Å². The van der Waals surface area contributed by atoms with Crippen LogP contribution in [-0.4, -0.2) is 38.1 Å². The Morgan fingerprint density at radius 1 is 1.05 bits per heavy atom. The second-order valence-corrected chi connectivity index (χ2v) is 5.61. The first-order chi connectivity index (χ1) is 10.8. The van der Waals surface area contributed by atoms with Crippen molar-refractivity contribution in [3.05, 3.63) is 65.5 Å². The van der Waals surface area contributed by atoms with E-state index in [0.29, 0.717) is 18.7 Å². The number of morpholine rings is 1. The van der Waals surface area contributed by atoms with Crippen molar-refractivity contribution in [1.29, 1.82) is 0 Å². The fourth-order valence-electron chi connectivity index (χ4n) is 3.21. The number of ether oxygens (including phenoxy) is 1. The number of anilines is 1. The highest BCUT2D eigenvalue weighted by molar-refractivity contribution is 6.16. The van der Waals surface area contributed by atoms with E-state index in [4.69, 9.17) is 9.73 Å². The zero-order chi connectivity index (χ0) is 14.9. The Morgan fingerprint density at radius 3 is 2.68 bits per heavy atom. The van der Waals surface area contributed by atoms with Crippen molar-refractivity contribution in [2.24, 2.45) is 4.99 Å². The summed E-state index contributed by atoms with van der Waals surface area (Å²) in [6.45, 7) is 2.86. The van der Waals surface area contributed by atoms with Gasteiger partial charge in [-0.15, -0.1) is 0 Å². The maximum absolute atomic E-state index is 14.3. The lowest BCUT2D eigenvalue weighted by Crippen LogP contribution is -2.47. The van der Waals surface area contributed by atoms with Gasteiger partial charge in [0.1, 0.15) is 5.82 Å². The Morgan fingerprint density at radius 2 is 1.82 bits per heavy atom. The van der Waals surface area contributed by atoms with Crippen LogP contribution in [0.4, 0.5) is 10.1 Å². The number of halogens is 1. The van der Waals surface area contributed by atoms with Gasteiger partial charge in [-0.25, -0.2) is 4.39 Å². The van der Waals surface area contributed by atoms with Gasteiger partial charge < -0.3 is 9.64 Å². The average Bonchev–Trinajstić information content (AvgIpc) is 2.73. The summed E-state index contributed by atoms with van der Waals surface area (Å²) in [5, 5.41) is 0. The molecule has 0 radical (unpaired) electrons. The number of rotatable bonds is 1. The Kier molecular flexibility index (Phi) is 3.39. The van der Waals surface area contributed by atoms with E-state index in [2.05, 4.69) is 11.0 Å².